The molecule has 0 aliphatic carbocycles. The van der Waals surface area contributed by atoms with Gasteiger partial charge >= 0.3 is 5.69 Å². The quantitative estimate of drug-likeness (QED) is 0.501. The maximum Gasteiger partial charge on any atom is 0.310 e. The fourth-order valence-corrected chi connectivity index (χ4v) is 3.08. The topological polar surface area (TPSA) is 81.5 Å². The summed E-state index contributed by atoms with van der Waals surface area (Å²) in [5.74, 6) is 0.00477. The average molecular weight is 368 g/mol. The molecule has 1 N–H and O–H groups in total. The summed E-state index contributed by atoms with van der Waals surface area (Å²) in [6.07, 6.45) is 0. The number of hydrogen-bond acceptors (Lipinski definition) is 5. The molecule has 0 saturated heterocycles. The Morgan fingerprint density at radius 1 is 1.19 bits per heavy atom. The number of nitrogens with zero attached hydrogens (tertiary/aromatic N) is 1. The third-order valence-corrected chi connectivity index (χ3v) is 4.62. The van der Waals surface area contributed by atoms with Crippen LogP contribution in [-0.4, -0.2) is 10.8 Å². The smallest absolute Gasteiger partial charge is 0.310 e. The lowest BCUT2D eigenvalue weighted by molar-refractivity contribution is -0.385. The number of anilines is 1. The van der Waals surface area contributed by atoms with Crippen LogP contribution in [0.1, 0.15) is 20.8 Å². The summed E-state index contributed by atoms with van der Waals surface area (Å²) in [6.45, 7) is 2.13. The van der Waals surface area contributed by atoms with Gasteiger partial charge in [0.1, 0.15) is 6.61 Å². The zero-order valence-electron chi connectivity index (χ0n) is 14.0. The molecule has 1 heterocycles. The van der Waals surface area contributed by atoms with Crippen molar-refractivity contribution in [2.24, 2.45) is 0 Å². The number of nitro benzene ring substituents is 1. The number of nitrogens with one attached hydrogen (secondary N) is 1. The van der Waals surface area contributed by atoms with E-state index in [9.17, 15) is 14.9 Å². The number of nitro groups is 1. The number of aryl methyl sites for hydroxylation is 1. The average Bonchev–Trinajstić information content (AvgIpc) is 3.11. The van der Waals surface area contributed by atoms with Crippen LogP contribution in [0.25, 0.3) is 0 Å². The van der Waals surface area contributed by atoms with Gasteiger partial charge in [-0.05, 0) is 36.6 Å². The standard InChI is InChI=1S/C19H16N2O4S/c1-13-6-8-15(9-7-13)20-19(22)18-10-14(12-26-18)11-25-17-5-3-2-4-16(17)21(23)24/h2-10,12H,11H2,1H3,(H,20,22). The van der Waals surface area contributed by atoms with Crippen LogP contribution < -0.4 is 10.1 Å². The predicted octanol–water partition coefficient (Wildman–Crippen LogP) is 4.80. The summed E-state index contributed by atoms with van der Waals surface area (Å²) in [6, 6.07) is 15.5. The van der Waals surface area contributed by atoms with Crippen molar-refractivity contribution in [2.45, 2.75) is 13.5 Å². The van der Waals surface area contributed by atoms with Crippen molar-refractivity contribution < 1.29 is 14.5 Å². The fourth-order valence-electron chi connectivity index (χ4n) is 2.29. The summed E-state index contributed by atoms with van der Waals surface area (Å²) >= 11 is 1.30. The number of hydrogen-bond donors (Lipinski definition) is 1. The molecular formula is C19H16N2O4S. The van der Waals surface area contributed by atoms with Crippen molar-refractivity contribution >= 4 is 28.6 Å². The molecule has 26 heavy (non-hydrogen) atoms. The molecule has 3 aromatic rings. The number of ether oxygens (including phenoxy) is 1. The summed E-state index contributed by atoms with van der Waals surface area (Å²) in [5.41, 5.74) is 2.54. The largest absolute Gasteiger partial charge is 0.482 e. The monoisotopic (exact) mass is 368 g/mol. The Kier molecular flexibility index (Phi) is 5.28. The summed E-state index contributed by atoms with van der Waals surface area (Å²) in [7, 11) is 0. The fraction of sp³-hybridized carbons (Fsp3) is 0.105. The third-order valence-electron chi connectivity index (χ3n) is 3.64. The van der Waals surface area contributed by atoms with Crippen molar-refractivity contribution in [1.82, 2.24) is 0 Å². The van der Waals surface area contributed by atoms with E-state index in [1.807, 2.05) is 31.2 Å². The Morgan fingerprint density at radius 2 is 1.92 bits per heavy atom. The van der Waals surface area contributed by atoms with Crippen molar-refractivity contribution in [3.8, 4) is 5.75 Å². The van der Waals surface area contributed by atoms with Crippen LogP contribution in [0.4, 0.5) is 11.4 Å². The lowest BCUT2D eigenvalue weighted by atomic mass is 10.2. The summed E-state index contributed by atoms with van der Waals surface area (Å²) in [4.78, 5) is 23.4. The van der Waals surface area contributed by atoms with E-state index in [-0.39, 0.29) is 24.0 Å². The first-order valence-corrected chi connectivity index (χ1v) is 8.72. The first-order valence-electron chi connectivity index (χ1n) is 7.84. The minimum atomic E-state index is -0.483. The molecule has 132 valence electrons. The molecule has 0 aliphatic heterocycles. The van der Waals surface area contributed by atoms with Gasteiger partial charge in [0, 0.05) is 17.3 Å². The summed E-state index contributed by atoms with van der Waals surface area (Å²) < 4.78 is 5.54. The first-order chi connectivity index (χ1) is 12.5. The number of thiophene rings is 1. The molecule has 0 radical (unpaired) electrons. The van der Waals surface area contributed by atoms with E-state index in [0.29, 0.717) is 4.88 Å². The van der Waals surface area contributed by atoms with Crippen molar-refractivity contribution in [3.63, 3.8) is 0 Å². The maximum atomic E-state index is 12.3. The molecule has 2 aromatic carbocycles. The van der Waals surface area contributed by atoms with E-state index in [4.69, 9.17) is 4.74 Å². The van der Waals surface area contributed by atoms with Gasteiger partial charge in [-0.1, -0.05) is 29.8 Å². The molecule has 6 nitrogen and oxygen atoms in total. The Bertz CT molecular complexity index is 935. The number of amides is 1. The highest BCUT2D eigenvalue weighted by Gasteiger charge is 2.15. The third kappa shape index (κ3) is 4.25. The normalized spacial score (nSPS) is 10.3. The number of rotatable bonds is 6. The van der Waals surface area contributed by atoms with E-state index in [1.165, 1.54) is 17.4 Å². The second-order valence-electron chi connectivity index (χ2n) is 5.65. The molecular weight excluding hydrogens is 352 g/mol. The molecule has 1 aromatic heterocycles. The molecule has 0 fully saturated rings. The van der Waals surface area contributed by atoms with Gasteiger partial charge in [0.05, 0.1) is 9.80 Å². The van der Waals surface area contributed by atoms with Crippen LogP contribution in [0.5, 0.6) is 5.75 Å². The number of carbonyl (C=O) groups excluding carboxylic acids is 1. The molecule has 0 spiro atoms. The molecule has 7 heteroatoms. The van der Waals surface area contributed by atoms with Gasteiger partial charge < -0.3 is 10.1 Å². The Labute approximate surface area is 154 Å². The van der Waals surface area contributed by atoms with Gasteiger partial charge in [-0.25, -0.2) is 0 Å². The highest BCUT2D eigenvalue weighted by atomic mass is 32.1. The second-order valence-corrected chi connectivity index (χ2v) is 6.56. The van der Waals surface area contributed by atoms with Gasteiger partial charge in [-0.3, -0.25) is 14.9 Å². The molecule has 0 atom stereocenters. The van der Waals surface area contributed by atoms with Crippen molar-refractivity contribution in [2.75, 3.05) is 5.32 Å². The molecule has 0 saturated carbocycles. The van der Waals surface area contributed by atoms with E-state index < -0.39 is 4.92 Å². The maximum absolute atomic E-state index is 12.3. The predicted molar refractivity (Wildman–Crippen MR) is 101 cm³/mol. The molecule has 1 amide bonds. The van der Waals surface area contributed by atoms with Gasteiger partial charge in [0.2, 0.25) is 0 Å². The zero-order chi connectivity index (χ0) is 18.5. The minimum absolute atomic E-state index is 0.0833. The SMILES string of the molecule is Cc1ccc(NC(=O)c2cc(COc3ccccc3[N+](=O)[O-])cs2)cc1. The van der Waals surface area contributed by atoms with Crippen LogP contribution in [0.3, 0.4) is 0 Å². The molecule has 3 rings (SSSR count). The van der Waals surface area contributed by atoms with Crippen LogP contribution in [0.2, 0.25) is 0 Å². The molecule has 0 bridgehead atoms. The van der Waals surface area contributed by atoms with Crippen LogP contribution >= 0.6 is 11.3 Å². The van der Waals surface area contributed by atoms with Gasteiger partial charge in [-0.2, -0.15) is 0 Å². The second kappa shape index (κ2) is 7.79. The lowest BCUT2D eigenvalue weighted by Gasteiger charge is -2.05. The van der Waals surface area contributed by atoms with Gasteiger partial charge in [0.15, 0.2) is 5.75 Å². The van der Waals surface area contributed by atoms with Gasteiger partial charge in [0.25, 0.3) is 5.91 Å². The minimum Gasteiger partial charge on any atom is -0.482 e. The molecule has 0 unspecified atom stereocenters. The van der Waals surface area contributed by atoms with E-state index >= 15 is 0 Å². The Hall–Kier alpha value is -3.19. The number of benzene rings is 2. The Morgan fingerprint density at radius 3 is 2.65 bits per heavy atom. The zero-order valence-corrected chi connectivity index (χ0v) is 14.8. The summed E-state index contributed by atoms with van der Waals surface area (Å²) in [5, 5.41) is 15.6. The van der Waals surface area contributed by atoms with E-state index in [2.05, 4.69) is 5.32 Å². The Balaban J connectivity index is 1.64. The van der Waals surface area contributed by atoms with E-state index in [1.54, 1.807) is 29.6 Å². The van der Waals surface area contributed by atoms with Crippen LogP contribution in [0, 0.1) is 17.0 Å². The lowest BCUT2D eigenvalue weighted by Crippen LogP contribution is -2.10. The van der Waals surface area contributed by atoms with Crippen molar-refractivity contribution in [1.29, 1.82) is 0 Å². The number of carbonyl (C=O) groups is 1. The van der Waals surface area contributed by atoms with Gasteiger partial charge in [-0.15, -0.1) is 11.3 Å². The highest BCUT2D eigenvalue weighted by molar-refractivity contribution is 7.12. The number of para-hydroxylation sites is 2. The van der Waals surface area contributed by atoms with Crippen molar-refractivity contribution in [3.05, 3.63) is 86.1 Å². The molecule has 0 aliphatic rings. The first kappa shape index (κ1) is 17.6. The van der Waals surface area contributed by atoms with E-state index in [0.717, 1.165) is 16.8 Å². The van der Waals surface area contributed by atoms with Crippen LogP contribution in [-0.2, 0) is 6.61 Å². The highest BCUT2D eigenvalue weighted by Crippen LogP contribution is 2.27. The van der Waals surface area contributed by atoms with Crippen LogP contribution in [0.15, 0.2) is 60.0 Å².